The number of rotatable bonds is 16. The molecule has 0 aromatic carbocycles. The number of urea groups is 1. The number of carbonyl (C=O) groups is 5. The van der Waals surface area contributed by atoms with Gasteiger partial charge in [0.2, 0.25) is 11.7 Å². The Labute approximate surface area is 292 Å². The van der Waals surface area contributed by atoms with E-state index >= 15 is 0 Å². The Hall–Kier alpha value is -2.49. The van der Waals surface area contributed by atoms with Crippen molar-refractivity contribution in [3.63, 3.8) is 0 Å². The molecule has 258 valence electrons. The molecule has 0 saturated heterocycles. The summed E-state index contributed by atoms with van der Waals surface area (Å²) in [4.78, 5) is 68.2. The van der Waals surface area contributed by atoms with Crippen LogP contribution in [0.25, 0.3) is 0 Å². The molecule has 0 aliphatic heterocycles. The second-order valence-corrected chi connectivity index (χ2v) is 16.2. The molecule has 5 atom stereocenters. The first-order chi connectivity index (χ1) is 21.4. The summed E-state index contributed by atoms with van der Waals surface area (Å²) < 4.78 is 11.1. The standard InChI is InChI=1S/C33H52IN5O6S/c1-10-12-16-24(25(40)28(41)35-19-11-2)36-29(42)27(34)39(20-23(5)22(3)4)30(43)26(32(6,7)8)37-31(44)38-33(21-46(9)45)17-14-13-15-18-33/h1-2,22-24,26-27H,12-21H2,3-9H3,(H,35,41)(H,36,42)(H2,37,38,44)/t23-,24?,26-,27-,46?/m1/s1. The molecule has 0 radical (unpaired) electrons. The number of amides is 5. The largest absolute Gasteiger partial charge is 0.616 e. The van der Waals surface area contributed by atoms with Crippen LogP contribution < -0.4 is 21.3 Å². The molecule has 1 rings (SSSR count). The maximum Gasteiger partial charge on any atom is 0.316 e. The maximum absolute atomic E-state index is 14.4. The molecule has 1 aliphatic rings. The topological polar surface area (TPSA) is 160 Å². The number of nitrogens with zero attached hydrogens (tertiary/aromatic N) is 1. The highest BCUT2D eigenvalue weighted by atomic mass is 127. The van der Waals surface area contributed by atoms with Crippen LogP contribution >= 0.6 is 22.6 Å². The SMILES string of the molecule is C#CCCC(NC(=O)[C@H](I)N(C[C@@H](C)C(C)C)C(=O)[C@@H](NC(=O)NC1(C[S+](C)[O-])CCCCC1)C(C)(C)C)C(=O)C(=O)NCC#C. The number of alkyl halides is 1. The first-order valence-corrected chi connectivity index (χ1v) is 18.7. The maximum atomic E-state index is 14.4. The van der Waals surface area contributed by atoms with E-state index < -0.39 is 67.8 Å². The number of ketones is 1. The normalized spacial score (nSPS) is 17.6. The Balaban J connectivity index is 3.36. The van der Waals surface area contributed by atoms with Gasteiger partial charge in [-0.2, -0.15) is 0 Å². The van der Waals surface area contributed by atoms with Crippen LogP contribution in [0.2, 0.25) is 0 Å². The summed E-state index contributed by atoms with van der Waals surface area (Å²) in [7, 11) is 0. The molecule has 1 aliphatic carbocycles. The van der Waals surface area contributed by atoms with Gasteiger partial charge in [0.25, 0.3) is 11.8 Å². The van der Waals surface area contributed by atoms with Crippen LogP contribution in [-0.4, -0.2) is 85.8 Å². The number of hydrogen-bond donors (Lipinski definition) is 4. The molecule has 1 fully saturated rings. The predicted octanol–water partition coefficient (Wildman–Crippen LogP) is 2.88. The van der Waals surface area contributed by atoms with E-state index in [-0.39, 0.29) is 37.8 Å². The van der Waals surface area contributed by atoms with Crippen molar-refractivity contribution in [2.24, 2.45) is 17.3 Å². The minimum Gasteiger partial charge on any atom is -0.616 e. The number of carbonyl (C=O) groups excluding carboxylic acids is 5. The van der Waals surface area contributed by atoms with E-state index in [1.807, 2.05) is 64.1 Å². The van der Waals surface area contributed by atoms with Gasteiger partial charge in [-0.05, 0) is 59.1 Å². The van der Waals surface area contributed by atoms with E-state index in [0.717, 1.165) is 19.3 Å². The summed E-state index contributed by atoms with van der Waals surface area (Å²) >= 11 is 0.708. The van der Waals surface area contributed by atoms with Crippen LogP contribution in [0, 0.1) is 41.9 Å². The summed E-state index contributed by atoms with van der Waals surface area (Å²) in [6, 6.07) is -2.79. The quantitative estimate of drug-likeness (QED) is 0.0472. The summed E-state index contributed by atoms with van der Waals surface area (Å²) in [5, 5.41) is 10.9. The first kappa shape index (κ1) is 41.5. The summed E-state index contributed by atoms with van der Waals surface area (Å²) in [6.07, 6.45) is 16.6. The van der Waals surface area contributed by atoms with E-state index in [0.29, 0.717) is 18.6 Å². The second-order valence-electron chi connectivity index (χ2n) is 13.6. The number of halogens is 1. The number of Topliss-reactive ketones (excluding diaryl/α,β-unsaturated/α-hetero) is 1. The highest BCUT2D eigenvalue weighted by Gasteiger charge is 2.43. The average molecular weight is 774 g/mol. The number of terminal acetylenes is 2. The van der Waals surface area contributed by atoms with Gasteiger partial charge >= 0.3 is 6.03 Å². The monoisotopic (exact) mass is 773 g/mol. The molecule has 1 saturated carbocycles. The third-order valence-corrected chi connectivity index (χ3v) is 10.4. The number of nitrogens with one attached hydrogen (secondary N) is 4. The molecule has 0 heterocycles. The van der Waals surface area contributed by atoms with Crippen LogP contribution in [0.5, 0.6) is 0 Å². The molecule has 5 amide bonds. The van der Waals surface area contributed by atoms with Crippen molar-refractivity contribution < 1.29 is 28.5 Å². The molecule has 0 aromatic heterocycles. The van der Waals surface area contributed by atoms with Crippen LogP contribution in [0.3, 0.4) is 0 Å². The molecular weight excluding hydrogens is 721 g/mol. The third kappa shape index (κ3) is 13.3. The van der Waals surface area contributed by atoms with Crippen molar-refractivity contribution >= 4 is 63.3 Å². The van der Waals surface area contributed by atoms with Gasteiger partial charge in [-0.15, -0.1) is 18.8 Å². The Morgan fingerprint density at radius 2 is 1.63 bits per heavy atom. The smallest absolute Gasteiger partial charge is 0.316 e. The van der Waals surface area contributed by atoms with Gasteiger partial charge < -0.3 is 30.7 Å². The van der Waals surface area contributed by atoms with Gasteiger partial charge in [-0.3, -0.25) is 19.2 Å². The van der Waals surface area contributed by atoms with Crippen molar-refractivity contribution in [1.82, 2.24) is 26.2 Å². The molecule has 2 unspecified atom stereocenters. The van der Waals surface area contributed by atoms with E-state index in [4.69, 9.17) is 12.8 Å². The Morgan fingerprint density at radius 3 is 2.13 bits per heavy atom. The van der Waals surface area contributed by atoms with Gasteiger partial charge in [0.15, 0.2) is 4.05 Å². The zero-order valence-electron chi connectivity index (χ0n) is 28.3. The Bertz CT molecular complexity index is 1150. The van der Waals surface area contributed by atoms with Gasteiger partial charge in [-0.25, -0.2) is 4.79 Å². The van der Waals surface area contributed by atoms with Gasteiger partial charge in [0.1, 0.15) is 11.8 Å². The minimum absolute atomic E-state index is 0.0148. The van der Waals surface area contributed by atoms with E-state index in [1.54, 1.807) is 6.26 Å². The zero-order valence-corrected chi connectivity index (χ0v) is 31.3. The number of hydrogen-bond acceptors (Lipinski definition) is 6. The Kier molecular flexibility index (Phi) is 17.5. The van der Waals surface area contributed by atoms with Crippen LogP contribution in [0.4, 0.5) is 4.79 Å². The fourth-order valence-corrected chi connectivity index (χ4v) is 7.04. The van der Waals surface area contributed by atoms with Crippen LogP contribution in [-0.2, 0) is 30.4 Å². The second kappa shape index (κ2) is 19.4. The molecule has 11 nitrogen and oxygen atoms in total. The lowest BCUT2D eigenvalue weighted by Crippen LogP contribution is -2.63. The average Bonchev–Trinajstić information content (AvgIpc) is 2.97. The predicted molar refractivity (Wildman–Crippen MR) is 190 cm³/mol. The summed E-state index contributed by atoms with van der Waals surface area (Å²) in [5.74, 6) is 2.12. The molecule has 0 aromatic rings. The molecule has 0 spiro atoms. The third-order valence-electron chi connectivity index (χ3n) is 8.24. The van der Waals surface area contributed by atoms with Crippen LogP contribution in [0.15, 0.2) is 0 Å². The van der Waals surface area contributed by atoms with Crippen LogP contribution in [0.1, 0.15) is 86.5 Å². The molecule has 0 bridgehead atoms. The molecular formula is C33H52IN5O6S. The van der Waals surface area contributed by atoms with Crippen molar-refractivity contribution in [3.05, 3.63) is 0 Å². The van der Waals surface area contributed by atoms with E-state index in [9.17, 15) is 28.5 Å². The Morgan fingerprint density at radius 1 is 1.02 bits per heavy atom. The summed E-state index contributed by atoms with van der Waals surface area (Å²) in [6.45, 7) is 11.5. The first-order valence-electron chi connectivity index (χ1n) is 15.7. The van der Waals surface area contributed by atoms with Crippen molar-refractivity contribution in [1.29, 1.82) is 0 Å². The fraction of sp³-hybridized carbons (Fsp3) is 0.727. The lowest BCUT2D eigenvalue weighted by molar-refractivity contribution is -0.143. The fourth-order valence-electron chi connectivity index (χ4n) is 5.22. The highest BCUT2D eigenvalue weighted by molar-refractivity contribution is 14.1. The van der Waals surface area contributed by atoms with Gasteiger partial charge in [0.05, 0.1) is 24.4 Å². The lowest BCUT2D eigenvalue weighted by Gasteiger charge is -2.40. The highest BCUT2D eigenvalue weighted by Crippen LogP contribution is 2.30. The van der Waals surface area contributed by atoms with Gasteiger partial charge in [0, 0.05) is 13.0 Å². The minimum atomic E-state index is -1.23. The van der Waals surface area contributed by atoms with E-state index in [1.165, 1.54) is 4.90 Å². The lowest BCUT2D eigenvalue weighted by atomic mass is 9.83. The molecule has 4 N–H and O–H groups in total. The van der Waals surface area contributed by atoms with Crippen molar-refractivity contribution in [2.75, 3.05) is 25.1 Å². The van der Waals surface area contributed by atoms with Crippen molar-refractivity contribution in [3.8, 4) is 24.7 Å². The molecule has 13 heteroatoms. The zero-order chi connectivity index (χ0) is 35.2. The van der Waals surface area contributed by atoms with Gasteiger partial charge in [-0.1, -0.05) is 77.9 Å². The van der Waals surface area contributed by atoms with E-state index in [2.05, 4.69) is 33.1 Å². The van der Waals surface area contributed by atoms with Crippen molar-refractivity contribution in [2.45, 2.75) is 108 Å². The molecule has 46 heavy (non-hydrogen) atoms. The summed E-state index contributed by atoms with van der Waals surface area (Å²) in [5.41, 5.74) is -1.38.